The van der Waals surface area contributed by atoms with Gasteiger partial charge in [0.2, 0.25) is 0 Å². The number of carbonyl (C=O) groups excluding carboxylic acids is 1. The van der Waals surface area contributed by atoms with Crippen molar-refractivity contribution in [2.45, 2.75) is 6.54 Å². The molecule has 1 aromatic heterocycles. The number of methoxy groups -OCH3 is 1. The standard InChI is InChI=1S/C13H11ClN2O4/c1-20-9-4-2-8(3-5-9)11(17)7-16-6-10(14)12(18)15-13(16)19/h2-6H,7H2,1H3,(H,15,18,19). The molecule has 2 rings (SSSR count). The molecule has 104 valence electrons. The van der Waals surface area contributed by atoms with E-state index < -0.39 is 11.2 Å². The smallest absolute Gasteiger partial charge is 0.328 e. The van der Waals surface area contributed by atoms with Crippen molar-refractivity contribution >= 4 is 17.4 Å². The summed E-state index contributed by atoms with van der Waals surface area (Å²) < 4.78 is 6.04. The highest BCUT2D eigenvalue weighted by Gasteiger charge is 2.10. The molecular weight excluding hydrogens is 284 g/mol. The van der Waals surface area contributed by atoms with Crippen molar-refractivity contribution in [3.8, 4) is 5.75 Å². The molecule has 0 saturated heterocycles. The first-order valence-electron chi connectivity index (χ1n) is 5.68. The van der Waals surface area contributed by atoms with Crippen LogP contribution in [-0.2, 0) is 6.54 Å². The second-order valence-electron chi connectivity index (χ2n) is 4.02. The van der Waals surface area contributed by atoms with Crippen molar-refractivity contribution in [1.29, 1.82) is 0 Å². The second-order valence-corrected chi connectivity index (χ2v) is 4.42. The van der Waals surface area contributed by atoms with Gasteiger partial charge in [-0.2, -0.15) is 0 Å². The van der Waals surface area contributed by atoms with E-state index in [1.54, 1.807) is 24.3 Å². The van der Waals surface area contributed by atoms with Gasteiger partial charge in [-0.1, -0.05) is 11.6 Å². The molecule has 0 fully saturated rings. The fourth-order valence-electron chi connectivity index (χ4n) is 1.62. The van der Waals surface area contributed by atoms with Gasteiger partial charge in [0.15, 0.2) is 5.78 Å². The quantitative estimate of drug-likeness (QED) is 0.856. The number of nitrogens with zero attached hydrogens (tertiary/aromatic N) is 1. The predicted octanol–water partition coefficient (Wildman–Crippen LogP) is 1.08. The van der Waals surface area contributed by atoms with Crippen LogP contribution in [-0.4, -0.2) is 22.4 Å². The Bertz CT molecular complexity index is 746. The fraction of sp³-hybridized carbons (Fsp3) is 0.154. The molecule has 0 aliphatic carbocycles. The average molecular weight is 295 g/mol. The Morgan fingerprint density at radius 3 is 2.55 bits per heavy atom. The zero-order valence-corrected chi connectivity index (χ0v) is 11.3. The fourth-order valence-corrected chi connectivity index (χ4v) is 1.79. The number of hydrogen-bond donors (Lipinski definition) is 1. The van der Waals surface area contributed by atoms with Crippen LogP contribution < -0.4 is 16.0 Å². The number of benzene rings is 1. The summed E-state index contributed by atoms with van der Waals surface area (Å²) in [5.74, 6) is 0.351. The van der Waals surface area contributed by atoms with Crippen LogP contribution in [0.25, 0.3) is 0 Å². The first-order chi connectivity index (χ1) is 9.51. The summed E-state index contributed by atoms with van der Waals surface area (Å²) in [4.78, 5) is 36.7. The highest BCUT2D eigenvalue weighted by molar-refractivity contribution is 6.30. The van der Waals surface area contributed by atoms with Gasteiger partial charge in [-0.25, -0.2) is 4.79 Å². The Hall–Kier alpha value is -2.34. The van der Waals surface area contributed by atoms with Gasteiger partial charge >= 0.3 is 5.69 Å². The number of ketones is 1. The van der Waals surface area contributed by atoms with Crippen LogP contribution in [0.4, 0.5) is 0 Å². The third-order valence-corrected chi connectivity index (χ3v) is 2.96. The number of rotatable bonds is 4. The zero-order valence-electron chi connectivity index (χ0n) is 10.6. The molecular formula is C13H11ClN2O4. The number of hydrogen-bond acceptors (Lipinski definition) is 4. The molecule has 1 N–H and O–H groups in total. The Kier molecular flexibility index (Phi) is 4.05. The third-order valence-electron chi connectivity index (χ3n) is 2.69. The van der Waals surface area contributed by atoms with E-state index in [2.05, 4.69) is 0 Å². The van der Waals surface area contributed by atoms with E-state index in [-0.39, 0.29) is 17.4 Å². The number of nitrogens with one attached hydrogen (secondary N) is 1. The molecule has 0 atom stereocenters. The second kappa shape index (κ2) is 5.75. The van der Waals surface area contributed by atoms with Gasteiger partial charge in [0.25, 0.3) is 5.56 Å². The van der Waals surface area contributed by atoms with Crippen molar-refractivity contribution in [3.05, 3.63) is 61.9 Å². The minimum absolute atomic E-state index is 0.146. The normalized spacial score (nSPS) is 10.3. The lowest BCUT2D eigenvalue weighted by Crippen LogP contribution is -2.31. The zero-order chi connectivity index (χ0) is 14.7. The summed E-state index contributed by atoms with van der Waals surface area (Å²) >= 11 is 5.62. The van der Waals surface area contributed by atoms with E-state index in [4.69, 9.17) is 16.3 Å². The van der Waals surface area contributed by atoms with Gasteiger partial charge in [-0.05, 0) is 24.3 Å². The molecule has 2 aromatic rings. The van der Waals surface area contributed by atoms with E-state index in [9.17, 15) is 14.4 Å². The molecule has 0 amide bonds. The Morgan fingerprint density at radius 2 is 1.95 bits per heavy atom. The highest BCUT2D eigenvalue weighted by atomic mass is 35.5. The maximum Gasteiger partial charge on any atom is 0.328 e. The largest absolute Gasteiger partial charge is 0.497 e. The minimum Gasteiger partial charge on any atom is -0.497 e. The highest BCUT2D eigenvalue weighted by Crippen LogP contribution is 2.12. The number of Topliss-reactive ketones (excluding diaryl/α,β-unsaturated/α-hetero) is 1. The number of aromatic amines is 1. The lowest BCUT2D eigenvalue weighted by molar-refractivity contribution is 0.0970. The summed E-state index contributed by atoms with van der Waals surface area (Å²) in [5.41, 5.74) is -0.925. The van der Waals surface area contributed by atoms with Crippen LogP contribution in [0, 0.1) is 0 Å². The lowest BCUT2D eigenvalue weighted by Gasteiger charge is -2.05. The van der Waals surface area contributed by atoms with Crippen LogP contribution in [0.3, 0.4) is 0 Å². The van der Waals surface area contributed by atoms with Gasteiger partial charge in [0.1, 0.15) is 10.8 Å². The van der Waals surface area contributed by atoms with Crippen molar-refractivity contribution in [2.24, 2.45) is 0 Å². The van der Waals surface area contributed by atoms with Crippen LogP contribution in [0.2, 0.25) is 5.02 Å². The van der Waals surface area contributed by atoms with Gasteiger partial charge in [-0.15, -0.1) is 0 Å². The summed E-state index contributed by atoms with van der Waals surface area (Å²) in [5, 5.41) is -0.146. The number of H-pyrrole nitrogens is 1. The molecule has 0 aliphatic heterocycles. The molecule has 0 unspecified atom stereocenters. The van der Waals surface area contributed by atoms with Gasteiger partial charge in [0, 0.05) is 11.8 Å². The molecule has 1 heterocycles. The van der Waals surface area contributed by atoms with Crippen molar-refractivity contribution in [3.63, 3.8) is 0 Å². The molecule has 0 bridgehead atoms. The summed E-state index contributed by atoms with van der Waals surface area (Å²) in [6, 6.07) is 6.49. The topological polar surface area (TPSA) is 81.2 Å². The molecule has 6 nitrogen and oxygen atoms in total. The van der Waals surface area contributed by atoms with Crippen molar-refractivity contribution in [1.82, 2.24) is 9.55 Å². The van der Waals surface area contributed by atoms with Gasteiger partial charge in [-0.3, -0.25) is 19.1 Å². The van der Waals surface area contributed by atoms with E-state index in [1.165, 1.54) is 7.11 Å². The van der Waals surface area contributed by atoms with Crippen LogP contribution in [0.15, 0.2) is 40.1 Å². The molecule has 1 aromatic carbocycles. The van der Waals surface area contributed by atoms with E-state index in [1.807, 2.05) is 4.98 Å². The molecule has 0 spiro atoms. The Labute approximate surface area is 118 Å². The lowest BCUT2D eigenvalue weighted by atomic mass is 10.1. The van der Waals surface area contributed by atoms with Crippen LogP contribution in [0.5, 0.6) is 5.75 Å². The molecule has 0 radical (unpaired) electrons. The Morgan fingerprint density at radius 1 is 1.30 bits per heavy atom. The number of aromatic nitrogens is 2. The first-order valence-corrected chi connectivity index (χ1v) is 6.05. The number of ether oxygens (including phenoxy) is 1. The minimum atomic E-state index is -0.679. The Balaban J connectivity index is 2.25. The maximum atomic E-state index is 12.0. The summed E-state index contributed by atoms with van der Waals surface area (Å²) in [7, 11) is 1.53. The van der Waals surface area contributed by atoms with E-state index in [0.29, 0.717) is 11.3 Å². The maximum absolute atomic E-state index is 12.0. The van der Waals surface area contributed by atoms with E-state index >= 15 is 0 Å². The van der Waals surface area contributed by atoms with Crippen molar-refractivity contribution in [2.75, 3.05) is 7.11 Å². The molecule has 20 heavy (non-hydrogen) atoms. The number of carbonyl (C=O) groups is 1. The molecule has 0 saturated carbocycles. The average Bonchev–Trinajstić information content (AvgIpc) is 2.44. The molecule has 7 heteroatoms. The predicted molar refractivity (Wildman–Crippen MR) is 73.7 cm³/mol. The number of halogens is 1. The monoisotopic (exact) mass is 294 g/mol. The SMILES string of the molecule is COc1ccc(C(=O)Cn2cc(Cl)c(=O)[nH]c2=O)cc1. The third kappa shape index (κ3) is 2.97. The van der Waals surface area contributed by atoms with E-state index in [0.717, 1.165) is 10.8 Å². The molecule has 0 aliphatic rings. The van der Waals surface area contributed by atoms with Gasteiger partial charge < -0.3 is 4.74 Å². The van der Waals surface area contributed by atoms with Crippen LogP contribution >= 0.6 is 11.6 Å². The summed E-state index contributed by atoms with van der Waals surface area (Å²) in [6.45, 7) is -0.207. The van der Waals surface area contributed by atoms with Gasteiger partial charge in [0.05, 0.1) is 13.7 Å². The summed E-state index contributed by atoms with van der Waals surface area (Å²) in [6.07, 6.45) is 1.14. The van der Waals surface area contributed by atoms with Crippen LogP contribution in [0.1, 0.15) is 10.4 Å². The first kappa shape index (κ1) is 14.1. The van der Waals surface area contributed by atoms with Crippen molar-refractivity contribution < 1.29 is 9.53 Å².